The quantitative estimate of drug-likeness (QED) is 0.678. The van der Waals surface area contributed by atoms with E-state index in [1.54, 1.807) is 0 Å². The van der Waals surface area contributed by atoms with Gasteiger partial charge in [0.15, 0.2) is 0 Å². The van der Waals surface area contributed by atoms with Gasteiger partial charge < -0.3 is 15.0 Å². The molecule has 14 heavy (non-hydrogen) atoms. The lowest BCUT2D eigenvalue weighted by molar-refractivity contribution is -0.134. The summed E-state index contributed by atoms with van der Waals surface area (Å²) in [6, 6.07) is 0.413. The van der Waals surface area contributed by atoms with E-state index < -0.39 is 0 Å². The number of nitrogens with one attached hydrogen (secondary N) is 1. The van der Waals surface area contributed by atoms with Gasteiger partial charge in [-0.05, 0) is 19.3 Å². The van der Waals surface area contributed by atoms with E-state index >= 15 is 0 Å². The smallest absolute Gasteiger partial charge is 0.239 e. The van der Waals surface area contributed by atoms with Crippen LogP contribution in [-0.2, 0) is 9.53 Å². The Kier molecular flexibility index (Phi) is 3.03. The minimum Gasteiger partial charge on any atom is -0.380 e. The maximum atomic E-state index is 11.7. The lowest BCUT2D eigenvalue weighted by Crippen LogP contribution is -2.52. The van der Waals surface area contributed by atoms with E-state index in [0.29, 0.717) is 6.04 Å². The molecule has 4 nitrogen and oxygen atoms in total. The van der Waals surface area contributed by atoms with Crippen LogP contribution in [0.5, 0.6) is 0 Å². The van der Waals surface area contributed by atoms with Gasteiger partial charge in [0, 0.05) is 26.2 Å². The van der Waals surface area contributed by atoms with Crippen LogP contribution in [-0.4, -0.2) is 49.7 Å². The van der Waals surface area contributed by atoms with Gasteiger partial charge in [-0.2, -0.15) is 0 Å². The van der Waals surface area contributed by atoms with E-state index in [9.17, 15) is 4.79 Å². The Labute approximate surface area is 84.6 Å². The van der Waals surface area contributed by atoms with Crippen molar-refractivity contribution < 1.29 is 9.53 Å². The first-order chi connectivity index (χ1) is 6.77. The van der Waals surface area contributed by atoms with Crippen LogP contribution in [0.2, 0.25) is 0 Å². The molecule has 0 aromatic heterocycles. The molecule has 0 radical (unpaired) electrons. The molecule has 0 spiro atoms. The zero-order chi connectivity index (χ0) is 9.97. The number of ether oxygens (including phenoxy) is 1. The average molecular weight is 198 g/mol. The van der Waals surface area contributed by atoms with Crippen molar-refractivity contribution in [2.24, 2.45) is 0 Å². The normalized spacial score (nSPS) is 33.8. The van der Waals surface area contributed by atoms with E-state index in [1.807, 2.05) is 11.9 Å². The Morgan fingerprint density at radius 2 is 2.36 bits per heavy atom. The van der Waals surface area contributed by atoms with Gasteiger partial charge in [-0.3, -0.25) is 4.79 Å². The second kappa shape index (κ2) is 4.28. The molecule has 2 unspecified atom stereocenters. The summed E-state index contributed by atoms with van der Waals surface area (Å²) in [4.78, 5) is 13.6. The number of likely N-dealkylation sites (tertiary alicyclic amines) is 1. The van der Waals surface area contributed by atoms with E-state index in [2.05, 4.69) is 5.32 Å². The van der Waals surface area contributed by atoms with Gasteiger partial charge in [-0.25, -0.2) is 0 Å². The summed E-state index contributed by atoms with van der Waals surface area (Å²) in [5.41, 5.74) is 0. The van der Waals surface area contributed by atoms with Gasteiger partial charge in [0.1, 0.15) is 0 Å². The standard InChI is InChI=1S/C10H18N2O2/c1-12-5-2-3-9(10(12)13)11-8-4-6-14-7-8/h8-9,11H,2-7H2,1H3. The van der Waals surface area contributed by atoms with Crippen LogP contribution in [0.4, 0.5) is 0 Å². The van der Waals surface area contributed by atoms with Crippen LogP contribution in [0.3, 0.4) is 0 Å². The van der Waals surface area contributed by atoms with Crippen LogP contribution in [0.1, 0.15) is 19.3 Å². The van der Waals surface area contributed by atoms with Crippen molar-refractivity contribution in [3.63, 3.8) is 0 Å². The predicted molar refractivity (Wildman–Crippen MR) is 53.0 cm³/mol. The Morgan fingerprint density at radius 1 is 1.50 bits per heavy atom. The van der Waals surface area contributed by atoms with Crippen molar-refractivity contribution >= 4 is 5.91 Å². The number of amides is 1. The minimum atomic E-state index is 0.0282. The summed E-state index contributed by atoms with van der Waals surface area (Å²) in [6.45, 7) is 2.49. The number of piperidine rings is 1. The van der Waals surface area contributed by atoms with Crippen molar-refractivity contribution in [3.05, 3.63) is 0 Å². The maximum Gasteiger partial charge on any atom is 0.239 e. The van der Waals surface area contributed by atoms with Crippen LogP contribution in [0, 0.1) is 0 Å². The Balaban J connectivity index is 1.86. The van der Waals surface area contributed by atoms with Crippen molar-refractivity contribution in [1.82, 2.24) is 10.2 Å². The maximum absolute atomic E-state index is 11.7. The molecule has 1 amide bonds. The lowest BCUT2D eigenvalue weighted by atomic mass is 10.0. The lowest BCUT2D eigenvalue weighted by Gasteiger charge is -2.31. The van der Waals surface area contributed by atoms with Crippen molar-refractivity contribution in [2.75, 3.05) is 26.8 Å². The van der Waals surface area contributed by atoms with E-state index in [1.165, 1.54) is 0 Å². The molecule has 2 fully saturated rings. The molecule has 2 aliphatic heterocycles. The summed E-state index contributed by atoms with van der Waals surface area (Å²) in [7, 11) is 1.88. The SMILES string of the molecule is CN1CCCC(NC2CCOC2)C1=O. The first-order valence-corrected chi connectivity index (χ1v) is 5.36. The third kappa shape index (κ3) is 2.07. The van der Waals surface area contributed by atoms with Gasteiger partial charge >= 0.3 is 0 Å². The van der Waals surface area contributed by atoms with Crippen LogP contribution >= 0.6 is 0 Å². The Bertz CT molecular complexity index is 214. The molecule has 2 saturated heterocycles. The number of nitrogens with zero attached hydrogens (tertiary/aromatic N) is 1. The van der Waals surface area contributed by atoms with E-state index in [4.69, 9.17) is 4.74 Å². The first-order valence-electron chi connectivity index (χ1n) is 5.36. The van der Waals surface area contributed by atoms with Crippen molar-refractivity contribution in [1.29, 1.82) is 0 Å². The molecule has 1 N–H and O–H groups in total. The van der Waals surface area contributed by atoms with Gasteiger partial charge in [0.05, 0.1) is 12.6 Å². The van der Waals surface area contributed by atoms with Crippen LogP contribution in [0.25, 0.3) is 0 Å². The highest BCUT2D eigenvalue weighted by Gasteiger charge is 2.29. The summed E-state index contributed by atoms with van der Waals surface area (Å²) in [6.07, 6.45) is 3.11. The molecule has 0 aromatic carbocycles. The fraction of sp³-hybridized carbons (Fsp3) is 0.900. The summed E-state index contributed by atoms with van der Waals surface area (Å²) < 4.78 is 5.27. The molecule has 2 atom stereocenters. The topological polar surface area (TPSA) is 41.6 Å². The second-order valence-corrected chi connectivity index (χ2v) is 4.18. The van der Waals surface area contributed by atoms with Crippen molar-refractivity contribution in [2.45, 2.75) is 31.3 Å². The molecule has 2 aliphatic rings. The van der Waals surface area contributed by atoms with Gasteiger partial charge in [0.25, 0.3) is 0 Å². The average Bonchev–Trinajstić information content (AvgIpc) is 2.66. The molecule has 0 aromatic rings. The zero-order valence-corrected chi connectivity index (χ0v) is 8.66. The number of carbonyl (C=O) groups is 1. The minimum absolute atomic E-state index is 0.0282. The third-order valence-corrected chi connectivity index (χ3v) is 3.03. The highest BCUT2D eigenvalue weighted by Crippen LogP contribution is 2.13. The molecule has 0 saturated carbocycles. The molecule has 2 rings (SSSR count). The summed E-state index contributed by atoms with van der Waals surface area (Å²) in [5, 5.41) is 3.38. The highest BCUT2D eigenvalue weighted by molar-refractivity contribution is 5.82. The molecular weight excluding hydrogens is 180 g/mol. The summed E-state index contributed by atoms with van der Waals surface area (Å²) >= 11 is 0. The molecular formula is C10H18N2O2. The fourth-order valence-electron chi connectivity index (χ4n) is 2.14. The van der Waals surface area contributed by atoms with Crippen LogP contribution in [0.15, 0.2) is 0 Å². The van der Waals surface area contributed by atoms with Gasteiger partial charge in [-0.15, -0.1) is 0 Å². The molecule has 80 valence electrons. The number of likely N-dealkylation sites (N-methyl/N-ethyl adjacent to an activating group) is 1. The number of hydrogen-bond donors (Lipinski definition) is 1. The second-order valence-electron chi connectivity index (χ2n) is 4.18. The van der Waals surface area contributed by atoms with Crippen LogP contribution < -0.4 is 5.32 Å². The number of rotatable bonds is 2. The monoisotopic (exact) mass is 198 g/mol. The van der Waals surface area contributed by atoms with Crippen molar-refractivity contribution in [3.8, 4) is 0 Å². The molecule has 2 heterocycles. The number of carbonyl (C=O) groups excluding carboxylic acids is 1. The fourth-order valence-corrected chi connectivity index (χ4v) is 2.14. The molecule has 0 aliphatic carbocycles. The largest absolute Gasteiger partial charge is 0.380 e. The molecule has 4 heteroatoms. The third-order valence-electron chi connectivity index (χ3n) is 3.03. The van der Waals surface area contributed by atoms with Gasteiger partial charge in [-0.1, -0.05) is 0 Å². The van der Waals surface area contributed by atoms with Gasteiger partial charge in [0.2, 0.25) is 5.91 Å². The van der Waals surface area contributed by atoms with E-state index in [0.717, 1.165) is 39.0 Å². The first kappa shape index (κ1) is 9.93. The Hall–Kier alpha value is -0.610. The molecule has 0 bridgehead atoms. The highest BCUT2D eigenvalue weighted by atomic mass is 16.5. The zero-order valence-electron chi connectivity index (χ0n) is 8.66. The predicted octanol–water partition coefficient (Wildman–Crippen LogP) is -0.0143. The Morgan fingerprint density at radius 3 is 3.07 bits per heavy atom. The summed E-state index contributed by atoms with van der Waals surface area (Å²) in [5.74, 6) is 0.239. The van der Waals surface area contributed by atoms with E-state index in [-0.39, 0.29) is 11.9 Å². The number of hydrogen-bond acceptors (Lipinski definition) is 3.